The molecule has 0 saturated heterocycles. The average Bonchev–Trinajstić information content (AvgIpc) is 3.43. The van der Waals surface area contributed by atoms with Crippen LogP contribution in [-0.4, -0.2) is 11.8 Å². The van der Waals surface area contributed by atoms with Crippen LogP contribution in [-0.2, 0) is 0 Å². The van der Waals surface area contributed by atoms with Gasteiger partial charge in [0.25, 0.3) is 11.8 Å². The van der Waals surface area contributed by atoms with Gasteiger partial charge in [0.1, 0.15) is 11.2 Å². The summed E-state index contributed by atoms with van der Waals surface area (Å²) in [6.07, 6.45) is 1.44. The number of amides is 2. The first-order valence-corrected chi connectivity index (χ1v) is 9.77. The molecule has 0 aliphatic carbocycles. The smallest absolute Gasteiger partial charge is 0.291 e. The van der Waals surface area contributed by atoms with E-state index in [2.05, 4.69) is 10.6 Å². The van der Waals surface area contributed by atoms with E-state index in [4.69, 9.17) is 8.83 Å². The van der Waals surface area contributed by atoms with Crippen LogP contribution in [0.1, 0.15) is 26.5 Å². The number of benzene rings is 3. The number of fused-ring (bicyclic) bond motifs is 3. The second-order valence-corrected chi connectivity index (χ2v) is 7.22. The highest BCUT2D eigenvalue weighted by Crippen LogP contribution is 2.30. The van der Waals surface area contributed by atoms with Crippen molar-refractivity contribution < 1.29 is 18.4 Å². The Balaban J connectivity index is 1.40. The molecule has 2 heterocycles. The first-order valence-electron chi connectivity index (χ1n) is 9.77. The maximum atomic E-state index is 12.9. The Morgan fingerprint density at radius 1 is 0.774 bits per heavy atom. The molecule has 0 aliphatic heterocycles. The number of para-hydroxylation sites is 1. The number of nitrogens with one attached hydrogen (secondary N) is 2. The molecule has 5 aromatic rings. The number of carbonyl (C=O) groups excluding carboxylic acids is 2. The second kappa shape index (κ2) is 7.50. The van der Waals surface area contributed by atoms with Gasteiger partial charge in [-0.1, -0.05) is 24.3 Å². The molecular formula is C25H18N2O4. The van der Waals surface area contributed by atoms with Crippen molar-refractivity contribution in [1.29, 1.82) is 0 Å². The molecule has 3 aromatic carbocycles. The highest BCUT2D eigenvalue weighted by atomic mass is 16.3. The molecule has 0 atom stereocenters. The van der Waals surface area contributed by atoms with E-state index in [1.54, 1.807) is 36.4 Å². The normalized spacial score (nSPS) is 11.0. The zero-order chi connectivity index (χ0) is 21.4. The van der Waals surface area contributed by atoms with Crippen LogP contribution >= 0.6 is 0 Å². The fourth-order valence-corrected chi connectivity index (χ4v) is 3.50. The van der Waals surface area contributed by atoms with Gasteiger partial charge < -0.3 is 19.5 Å². The van der Waals surface area contributed by atoms with Gasteiger partial charge in [-0.2, -0.15) is 0 Å². The molecule has 6 nitrogen and oxygen atoms in total. The Kier molecular flexibility index (Phi) is 4.52. The van der Waals surface area contributed by atoms with Crippen molar-refractivity contribution in [2.75, 3.05) is 10.6 Å². The molecule has 2 amide bonds. The highest BCUT2D eigenvalue weighted by molar-refractivity contribution is 6.10. The molecule has 0 unspecified atom stereocenters. The molecule has 0 saturated carbocycles. The second-order valence-electron chi connectivity index (χ2n) is 7.22. The first-order chi connectivity index (χ1) is 15.1. The summed E-state index contributed by atoms with van der Waals surface area (Å²) in [7, 11) is 0. The Morgan fingerprint density at radius 2 is 1.61 bits per heavy atom. The summed E-state index contributed by atoms with van der Waals surface area (Å²) in [5.74, 6) is -0.446. The van der Waals surface area contributed by atoms with Crippen LogP contribution in [0.2, 0.25) is 0 Å². The van der Waals surface area contributed by atoms with E-state index in [9.17, 15) is 9.59 Å². The SMILES string of the molecule is Cc1ccc(C(=O)Nc2ccc3oc4ccccc4c3c2)cc1NC(=O)c1ccco1. The van der Waals surface area contributed by atoms with Gasteiger partial charge in [-0.3, -0.25) is 9.59 Å². The average molecular weight is 410 g/mol. The minimum atomic E-state index is -0.372. The van der Waals surface area contributed by atoms with Crippen molar-refractivity contribution >= 4 is 45.1 Å². The lowest BCUT2D eigenvalue weighted by Crippen LogP contribution is -2.15. The van der Waals surface area contributed by atoms with E-state index in [1.165, 1.54) is 6.26 Å². The molecular weight excluding hydrogens is 392 g/mol. The molecule has 2 N–H and O–H groups in total. The maximum absolute atomic E-state index is 12.9. The van der Waals surface area contributed by atoms with E-state index in [-0.39, 0.29) is 17.6 Å². The van der Waals surface area contributed by atoms with Gasteiger partial charge in [0.05, 0.1) is 6.26 Å². The zero-order valence-electron chi connectivity index (χ0n) is 16.6. The summed E-state index contributed by atoms with van der Waals surface area (Å²) in [5, 5.41) is 7.63. The third kappa shape index (κ3) is 3.55. The largest absolute Gasteiger partial charge is 0.459 e. The predicted molar refractivity (Wildman–Crippen MR) is 120 cm³/mol. The van der Waals surface area contributed by atoms with E-state index < -0.39 is 0 Å². The number of rotatable bonds is 4. The first kappa shape index (κ1) is 18.7. The van der Waals surface area contributed by atoms with Gasteiger partial charge in [0, 0.05) is 27.7 Å². The molecule has 0 aliphatic rings. The van der Waals surface area contributed by atoms with Crippen LogP contribution in [0.3, 0.4) is 0 Å². The van der Waals surface area contributed by atoms with Crippen molar-refractivity contribution in [2.24, 2.45) is 0 Å². The quantitative estimate of drug-likeness (QED) is 0.381. The molecule has 0 fully saturated rings. The van der Waals surface area contributed by atoms with E-state index in [0.29, 0.717) is 16.9 Å². The Morgan fingerprint density at radius 3 is 2.45 bits per heavy atom. The van der Waals surface area contributed by atoms with Crippen LogP contribution in [0.4, 0.5) is 11.4 Å². The zero-order valence-corrected chi connectivity index (χ0v) is 16.6. The molecule has 5 rings (SSSR count). The third-order valence-electron chi connectivity index (χ3n) is 5.13. The number of furan rings is 2. The minimum Gasteiger partial charge on any atom is -0.459 e. The lowest BCUT2D eigenvalue weighted by atomic mass is 10.1. The molecule has 0 bridgehead atoms. The fraction of sp³-hybridized carbons (Fsp3) is 0.0400. The molecule has 0 spiro atoms. The van der Waals surface area contributed by atoms with Crippen LogP contribution in [0.5, 0.6) is 0 Å². The van der Waals surface area contributed by atoms with Gasteiger partial charge in [-0.25, -0.2) is 0 Å². The van der Waals surface area contributed by atoms with Crippen LogP contribution < -0.4 is 10.6 Å². The molecule has 0 radical (unpaired) electrons. The number of hydrogen-bond acceptors (Lipinski definition) is 4. The number of carbonyl (C=O) groups is 2. The lowest BCUT2D eigenvalue weighted by molar-refractivity contribution is 0.0993. The van der Waals surface area contributed by atoms with Gasteiger partial charge in [-0.15, -0.1) is 0 Å². The lowest BCUT2D eigenvalue weighted by Gasteiger charge is -2.10. The topological polar surface area (TPSA) is 84.5 Å². The van der Waals surface area contributed by atoms with Gasteiger partial charge in [0.15, 0.2) is 5.76 Å². The van der Waals surface area contributed by atoms with Crippen LogP contribution in [0.15, 0.2) is 87.9 Å². The van der Waals surface area contributed by atoms with Crippen molar-refractivity contribution in [2.45, 2.75) is 6.92 Å². The van der Waals surface area contributed by atoms with Gasteiger partial charge in [-0.05, 0) is 61.0 Å². The van der Waals surface area contributed by atoms with Gasteiger partial charge in [0.2, 0.25) is 0 Å². The monoisotopic (exact) mass is 410 g/mol. The van der Waals surface area contributed by atoms with Crippen molar-refractivity contribution in [3.8, 4) is 0 Å². The van der Waals surface area contributed by atoms with Crippen molar-refractivity contribution in [1.82, 2.24) is 0 Å². The van der Waals surface area contributed by atoms with Crippen molar-refractivity contribution in [3.63, 3.8) is 0 Å². The summed E-state index contributed by atoms with van der Waals surface area (Å²) >= 11 is 0. The van der Waals surface area contributed by atoms with Crippen LogP contribution in [0, 0.1) is 6.92 Å². The minimum absolute atomic E-state index is 0.204. The van der Waals surface area contributed by atoms with E-state index >= 15 is 0 Å². The van der Waals surface area contributed by atoms with E-state index in [1.807, 2.05) is 43.3 Å². The standard InChI is InChI=1S/C25H18N2O4/c1-15-8-9-16(13-20(15)27-25(29)23-7-4-12-30-23)24(28)26-17-10-11-22-19(14-17)18-5-2-3-6-21(18)31-22/h2-14H,1H3,(H,26,28)(H,27,29). The predicted octanol–water partition coefficient (Wildman–Crippen LogP) is 5.99. The number of hydrogen-bond donors (Lipinski definition) is 2. The summed E-state index contributed by atoms with van der Waals surface area (Å²) < 4.78 is 11.0. The summed E-state index contributed by atoms with van der Waals surface area (Å²) in [4.78, 5) is 25.2. The molecule has 31 heavy (non-hydrogen) atoms. The molecule has 152 valence electrons. The Bertz CT molecular complexity index is 1430. The summed E-state index contributed by atoms with van der Waals surface area (Å²) in [6, 6.07) is 21.7. The highest BCUT2D eigenvalue weighted by Gasteiger charge is 2.14. The van der Waals surface area contributed by atoms with E-state index in [0.717, 1.165) is 27.5 Å². The van der Waals surface area contributed by atoms with Crippen LogP contribution in [0.25, 0.3) is 21.9 Å². The number of anilines is 2. The van der Waals surface area contributed by atoms with Crippen molar-refractivity contribution in [3.05, 3.63) is 95.9 Å². The maximum Gasteiger partial charge on any atom is 0.291 e. The fourth-order valence-electron chi connectivity index (χ4n) is 3.50. The molecule has 2 aromatic heterocycles. The van der Waals surface area contributed by atoms with Gasteiger partial charge >= 0.3 is 0 Å². The summed E-state index contributed by atoms with van der Waals surface area (Å²) in [5.41, 5.74) is 4.03. The number of aryl methyl sites for hydroxylation is 1. The molecule has 6 heteroatoms. The Labute approximate surface area is 177 Å². The third-order valence-corrected chi connectivity index (χ3v) is 5.13. The Hall–Kier alpha value is -4.32. The summed E-state index contributed by atoms with van der Waals surface area (Å²) in [6.45, 7) is 1.86.